The standard InChI is InChI=1S/C21H25FN2O2/c1-15-8-13-19(20(25)23-18-6-4-2-3-5-7-18)21(26)24(15)14-16-9-11-17(22)12-10-16/h8-13,18H,2-7,14H2,1H3,(H,23,25). The minimum absolute atomic E-state index is 0.149. The van der Waals surface area contributed by atoms with Gasteiger partial charge >= 0.3 is 0 Å². The average Bonchev–Trinajstić information content (AvgIpc) is 2.89. The molecule has 1 N–H and O–H groups in total. The Kier molecular flexibility index (Phi) is 5.86. The molecule has 0 spiro atoms. The van der Waals surface area contributed by atoms with Gasteiger partial charge < -0.3 is 9.88 Å². The number of aryl methyl sites for hydroxylation is 1. The molecule has 0 atom stereocenters. The Labute approximate surface area is 153 Å². The molecule has 0 unspecified atom stereocenters. The minimum Gasteiger partial charge on any atom is -0.349 e. The normalized spacial score (nSPS) is 15.5. The molecule has 4 nitrogen and oxygen atoms in total. The van der Waals surface area contributed by atoms with E-state index in [0.29, 0.717) is 6.54 Å². The fraction of sp³-hybridized carbons (Fsp3) is 0.429. The third-order valence-corrected chi connectivity index (χ3v) is 5.08. The largest absolute Gasteiger partial charge is 0.349 e. The van der Waals surface area contributed by atoms with Crippen molar-refractivity contribution < 1.29 is 9.18 Å². The second-order valence-electron chi connectivity index (χ2n) is 7.07. The van der Waals surface area contributed by atoms with E-state index < -0.39 is 0 Å². The number of nitrogens with one attached hydrogen (secondary N) is 1. The zero-order valence-corrected chi connectivity index (χ0v) is 15.1. The number of pyridine rings is 1. The number of halogens is 1. The maximum atomic E-state index is 13.1. The zero-order valence-electron chi connectivity index (χ0n) is 15.1. The lowest BCUT2D eigenvalue weighted by Gasteiger charge is -2.17. The first kappa shape index (κ1) is 18.4. The lowest BCUT2D eigenvalue weighted by molar-refractivity contribution is 0.0931. The van der Waals surface area contributed by atoms with Crippen molar-refractivity contribution in [3.8, 4) is 0 Å². The molecule has 0 radical (unpaired) electrons. The number of nitrogens with zero attached hydrogens (tertiary/aromatic N) is 1. The number of aromatic nitrogens is 1. The van der Waals surface area contributed by atoms with E-state index in [1.165, 1.54) is 25.0 Å². The van der Waals surface area contributed by atoms with Crippen LogP contribution < -0.4 is 10.9 Å². The molecule has 1 aliphatic carbocycles. The Morgan fingerprint density at radius 1 is 1.08 bits per heavy atom. The van der Waals surface area contributed by atoms with Gasteiger partial charge in [0.25, 0.3) is 11.5 Å². The Hall–Kier alpha value is -2.43. The van der Waals surface area contributed by atoms with Gasteiger partial charge in [0.1, 0.15) is 11.4 Å². The smallest absolute Gasteiger partial charge is 0.263 e. The molecule has 0 bridgehead atoms. The lowest BCUT2D eigenvalue weighted by atomic mass is 10.1. The minimum atomic E-state index is -0.311. The van der Waals surface area contributed by atoms with Crippen LogP contribution in [-0.4, -0.2) is 16.5 Å². The van der Waals surface area contributed by atoms with E-state index in [1.54, 1.807) is 28.8 Å². The van der Waals surface area contributed by atoms with Crippen LogP contribution in [0, 0.1) is 12.7 Å². The fourth-order valence-corrected chi connectivity index (χ4v) is 3.50. The van der Waals surface area contributed by atoms with Crippen molar-refractivity contribution in [1.82, 2.24) is 9.88 Å². The first-order valence-electron chi connectivity index (χ1n) is 9.30. The average molecular weight is 356 g/mol. The summed E-state index contributed by atoms with van der Waals surface area (Å²) < 4.78 is 14.6. The molecule has 1 aromatic heterocycles. The number of hydrogen-bond acceptors (Lipinski definition) is 2. The van der Waals surface area contributed by atoms with Gasteiger partial charge in [-0.25, -0.2) is 4.39 Å². The number of rotatable bonds is 4. The van der Waals surface area contributed by atoms with Crippen molar-refractivity contribution in [2.75, 3.05) is 0 Å². The summed E-state index contributed by atoms with van der Waals surface area (Å²) in [7, 11) is 0. The molecule has 1 saturated carbocycles. The van der Waals surface area contributed by atoms with Crippen LogP contribution in [0.3, 0.4) is 0 Å². The Morgan fingerprint density at radius 3 is 2.38 bits per heavy atom. The number of carbonyl (C=O) groups is 1. The van der Waals surface area contributed by atoms with Gasteiger partial charge in [-0.05, 0) is 49.6 Å². The highest BCUT2D eigenvalue weighted by atomic mass is 19.1. The quantitative estimate of drug-likeness (QED) is 0.847. The fourth-order valence-electron chi connectivity index (χ4n) is 3.50. The number of hydrogen-bond donors (Lipinski definition) is 1. The SMILES string of the molecule is Cc1ccc(C(=O)NC2CCCCCC2)c(=O)n1Cc1ccc(F)cc1. The van der Waals surface area contributed by atoms with Gasteiger partial charge in [-0.15, -0.1) is 0 Å². The first-order chi connectivity index (χ1) is 12.5. The van der Waals surface area contributed by atoms with Crippen molar-refractivity contribution in [2.24, 2.45) is 0 Å². The van der Waals surface area contributed by atoms with E-state index in [4.69, 9.17) is 0 Å². The van der Waals surface area contributed by atoms with E-state index >= 15 is 0 Å². The van der Waals surface area contributed by atoms with Gasteiger partial charge in [0.05, 0.1) is 6.54 Å². The predicted octanol–water partition coefficient (Wildman–Crippen LogP) is 3.80. The van der Waals surface area contributed by atoms with E-state index in [9.17, 15) is 14.0 Å². The second kappa shape index (κ2) is 8.30. The van der Waals surface area contributed by atoms with Crippen LogP contribution in [0.1, 0.15) is 60.1 Å². The summed E-state index contributed by atoms with van der Waals surface area (Å²) in [6.07, 6.45) is 6.60. The van der Waals surface area contributed by atoms with Gasteiger partial charge in [0, 0.05) is 11.7 Å². The van der Waals surface area contributed by atoms with Gasteiger partial charge in [-0.2, -0.15) is 0 Å². The second-order valence-corrected chi connectivity index (χ2v) is 7.07. The van der Waals surface area contributed by atoms with Crippen molar-refractivity contribution in [2.45, 2.75) is 58.0 Å². The van der Waals surface area contributed by atoms with Gasteiger partial charge in [0.15, 0.2) is 0 Å². The Bertz CT molecular complexity index is 819. The predicted molar refractivity (Wildman–Crippen MR) is 99.9 cm³/mol. The summed E-state index contributed by atoms with van der Waals surface area (Å²) in [6, 6.07) is 9.59. The Morgan fingerprint density at radius 2 is 1.73 bits per heavy atom. The third kappa shape index (κ3) is 4.40. The van der Waals surface area contributed by atoms with Crippen LogP contribution in [0.4, 0.5) is 4.39 Å². The molecule has 2 aromatic rings. The number of amides is 1. The van der Waals surface area contributed by atoms with Gasteiger partial charge in [0.2, 0.25) is 0 Å². The highest BCUT2D eigenvalue weighted by Crippen LogP contribution is 2.17. The van der Waals surface area contributed by atoms with Crippen molar-refractivity contribution in [3.63, 3.8) is 0 Å². The Balaban J connectivity index is 1.80. The molecule has 138 valence electrons. The van der Waals surface area contributed by atoms with E-state index in [-0.39, 0.29) is 28.9 Å². The summed E-state index contributed by atoms with van der Waals surface area (Å²) in [5.74, 6) is -0.607. The molecule has 0 aliphatic heterocycles. The molecule has 1 fully saturated rings. The molecular weight excluding hydrogens is 331 g/mol. The summed E-state index contributed by atoms with van der Waals surface area (Å²) in [5, 5.41) is 3.03. The van der Waals surface area contributed by atoms with Gasteiger partial charge in [-0.3, -0.25) is 9.59 Å². The van der Waals surface area contributed by atoms with E-state index in [1.807, 2.05) is 6.92 Å². The first-order valence-corrected chi connectivity index (χ1v) is 9.30. The molecule has 26 heavy (non-hydrogen) atoms. The van der Waals surface area contributed by atoms with E-state index in [2.05, 4.69) is 5.32 Å². The van der Waals surface area contributed by atoms with Crippen LogP contribution in [0.2, 0.25) is 0 Å². The summed E-state index contributed by atoms with van der Waals surface area (Å²) >= 11 is 0. The molecule has 1 heterocycles. The monoisotopic (exact) mass is 356 g/mol. The maximum absolute atomic E-state index is 13.1. The number of benzene rings is 1. The zero-order chi connectivity index (χ0) is 18.5. The third-order valence-electron chi connectivity index (χ3n) is 5.08. The van der Waals surface area contributed by atoms with Crippen LogP contribution >= 0.6 is 0 Å². The maximum Gasteiger partial charge on any atom is 0.263 e. The molecule has 3 rings (SSSR count). The number of carbonyl (C=O) groups excluding carboxylic acids is 1. The van der Waals surface area contributed by atoms with E-state index in [0.717, 1.165) is 36.9 Å². The van der Waals surface area contributed by atoms with Crippen LogP contribution in [0.25, 0.3) is 0 Å². The molecule has 0 saturated heterocycles. The van der Waals surface area contributed by atoms with Crippen molar-refractivity contribution in [3.05, 3.63) is 69.4 Å². The molecule has 1 amide bonds. The molecule has 1 aliphatic rings. The lowest BCUT2D eigenvalue weighted by Crippen LogP contribution is -2.39. The van der Waals surface area contributed by atoms with Gasteiger partial charge in [-0.1, -0.05) is 37.8 Å². The molecule has 1 aromatic carbocycles. The van der Waals surface area contributed by atoms with Crippen molar-refractivity contribution >= 4 is 5.91 Å². The molecular formula is C21H25FN2O2. The van der Waals surface area contributed by atoms with Crippen LogP contribution in [0.5, 0.6) is 0 Å². The topological polar surface area (TPSA) is 51.1 Å². The highest BCUT2D eigenvalue weighted by molar-refractivity contribution is 5.94. The molecule has 5 heteroatoms. The van der Waals surface area contributed by atoms with Crippen LogP contribution in [0.15, 0.2) is 41.2 Å². The van der Waals surface area contributed by atoms with Crippen LogP contribution in [-0.2, 0) is 6.54 Å². The van der Waals surface area contributed by atoms with Crippen molar-refractivity contribution in [1.29, 1.82) is 0 Å². The summed E-state index contributed by atoms with van der Waals surface area (Å²) in [4.78, 5) is 25.5. The summed E-state index contributed by atoms with van der Waals surface area (Å²) in [6.45, 7) is 2.15. The summed E-state index contributed by atoms with van der Waals surface area (Å²) in [5.41, 5.74) is 1.45. The highest BCUT2D eigenvalue weighted by Gasteiger charge is 2.19.